The molecule has 0 aromatic heterocycles. The minimum absolute atomic E-state index is 0.0565. The Bertz CT molecular complexity index is 701. The average Bonchev–Trinajstić information content (AvgIpc) is 2.57. The molecule has 24 heavy (non-hydrogen) atoms. The van der Waals surface area contributed by atoms with Gasteiger partial charge in [0.05, 0.1) is 6.42 Å². The van der Waals surface area contributed by atoms with Gasteiger partial charge in [-0.05, 0) is 24.6 Å². The van der Waals surface area contributed by atoms with E-state index in [-0.39, 0.29) is 17.0 Å². The van der Waals surface area contributed by atoms with Crippen LogP contribution in [0.1, 0.15) is 18.1 Å². The number of rotatable bonds is 6. The SMILES string of the molecule is C[C@H](OC(=O)Cc1c(F)cccc1Cl)C(=O)NCc1ccccc1. The van der Waals surface area contributed by atoms with Crippen LogP contribution >= 0.6 is 11.6 Å². The third-order valence-corrected chi connectivity index (χ3v) is 3.72. The molecule has 0 aliphatic rings. The fourth-order valence-corrected chi connectivity index (χ4v) is 2.30. The number of hydrogen-bond donors (Lipinski definition) is 1. The molecule has 0 saturated heterocycles. The highest BCUT2D eigenvalue weighted by atomic mass is 35.5. The predicted molar refractivity (Wildman–Crippen MR) is 89.0 cm³/mol. The Morgan fingerprint density at radius 1 is 1.17 bits per heavy atom. The molecule has 126 valence electrons. The summed E-state index contributed by atoms with van der Waals surface area (Å²) in [6.45, 7) is 1.79. The van der Waals surface area contributed by atoms with Crippen LogP contribution in [-0.4, -0.2) is 18.0 Å². The van der Waals surface area contributed by atoms with Crippen LogP contribution in [-0.2, 0) is 27.3 Å². The first kappa shape index (κ1) is 17.9. The maximum absolute atomic E-state index is 13.6. The average molecular weight is 350 g/mol. The summed E-state index contributed by atoms with van der Waals surface area (Å²) in [5, 5.41) is 2.82. The Morgan fingerprint density at radius 3 is 2.54 bits per heavy atom. The molecule has 0 spiro atoms. The van der Waals surface area contributed by atoms with E-state index >= 15 is 0 Å². The molecule has 0 radical (unpaired) electrons. The summed E-state index contributed by atoms with van der Waals surface area (Å²) in [5.41, 5.74) is 0.989. The minimum atomic E-state index is -0.980. The second-order valence-electron chi connectivity index (χ2n) is 5.21. The quantitative estimate of drug-likeness (QED) is 0.814. The molecule has 0 unspecified atom stereocenters. The fraction of sp³-hybridized carbons (Fsp3) is 0.222. The number of nitrogens with one attached hydrogen (secondary N) is 1. The van der Waals surface area contributed by atoms with Gasteiger partial charge in [0, 0.05) is 17.1 Å². The van der Waals surface area contributed by atoms with Crippen LogP contribution in [0, 0.1) is 5.82 Å². The van der Waals surface area contributed by atoms with Crippen molar-refractivity contribution >= 4 is 23.5 Å². The predicted octanol–water partition coefficient (Wildman–Crippen LogP) is 3.27. The summed E-state index contributed by atoms with van der Waals surface area (Å²) in [5.74, 6) is -1.73. The van der Waals surface area contributed by atoms with Gasteiger partial charge in [0.1, 0.15) is 5.82 Å². The van der Waals surface area contributed by atoms with Crippen LogP contribution in [0.15, 0.2) is 48.5 Å². The highest BCUT2D eigenvalue weighted by Crippen LogP contribution is 2.20. The topological polar surface area (TPSA) is 55.4 Å². The van der Waals surface area contributed by atoms with Gasteiger partial charge in [0.2, 0.25) is 0 Å². The van der Waals surface area contributed by atoms with Gasteiger partial charge in [0.25, 0.3) is 5.91 Å². The second kappa shape index (κ2) is 8.45. The summed E-state index contributed by atoms with van der Waals surface area (Å²) in [6, 6.07) is 13.5. The zero-order valence-electron chi connectivity index (χ0n) is 13.1. The van der Waals surface area contributed by atoms with Gasteiger partial charge in [-0.1, -0.05) is 48.0 Å². The van der Waals surface area contributed by atoms with E-state index in [1.807, 2.05) is 30.3 Å². The van der Waals surface area contributed by atoms with Crippen molar-refractivity contribution in [2.75, 3.05) is 0 Å². The summed E-state index contributed by atoms with van der Waals surface area (Å²) >= 11 is 5.86. The van der Waals surface area contributed by atoms with E-state index in [2.05, 4.69) is 5.32 Å². The number of benzene rings is 2. The van der Waals surface area contributed by atoms with Crippen molar-refractivity contribution in [3.8, 4) is 0 Å². The lowest BCUT2D eigenvalue weighted by Crippen LogP contribution is -2.35. The fourth-order valence-electron chi connectivity index (χ4n) is 2.07. The molecule has 2 aromatic rings. The van der Waals surface area contributed by atoms with Crippen molar-refractivity contribution in [2.45, 2.75) is 26.0 Å². The molecule has 0 aliphatic heterocycles. The maximum Gasteiger partial charge on any atom is 0.311 e. The molecule has 0 aliphatic carbocycles. The first-order chi connectivity index (χ1) is 11.5. The van der Waals surface area contributed by atoms with E-state index in [0.29, 0.717) is 6.54 Å². The van der Waals surface area contributed by atoms with E-state index in [4.69, 9.17) is 16.3 Å². The standard InChI is InChI=1S/C18H17ClFNO3/c1-12(18(23)21-11-13-6-3-2-4-7-13)24-17(22)10-14-15(19)8-5-9-16(14)20/h2-9,12H,10-11H2,1H3,(H,21,23)/t12-/m0/s1. The highest BCUT2D eigenvalue weighted by Gasteiger charge is 2.19. The maximum atomic E-state index is 13.6. The molecule has 1 atom stereocenters. The van der Waals surface area contributed by atoms with Crippen LogP contribution in [0.2, 0.25) is 5.02 Å². The number of ether oxygens (including phenoxy) is 1. The van der Waals surface area contributed by atoms with Crippen LogP contribution < -0.4 is 5.32 Å². The highest BCUT2D eigenvalue weighted by molar-refractivity contribution is 6.31. The molecule has 1 amide bonds. The van der Waals surface area contributed by atoms with E-state index in [9.17, 15) is 14.0 Å². The third kappa shape index (κ3) is 5.06. The third-order valence-electron chi connectivity index (χ3n) is 3.37. The molecule has 2 aromatic carbocycles. The second-order valence-corrected chi connectivity index (χ2v) is 5.62. The van der Waals surface area contributed by atoms with Crippen LogP contribution in [0.4, 0.5) is 4.39 Å². The number of carbonyl (C=O) groups is 2. The summed E-state index contributed by atoms with van der Waals surface area (Å²) in [7, 11) is 0. The summed E-state index contributed by atoms with van der Waals surface area (Å²) in [4.78, 5) is 23.8. The Morgan fingerprint density at radius 2 is 1.88 bits per heavy atom. The number of hydrogen-bond acceptors (Lipinski definition) is 3. The summed E-state index contributed by atoms with van der Waals surface area (Å²) in [6.07, 6.45) is -1.31. The Labute approximate surface area is 144 Å². The Balaban J connectivity index is 1.85. The molecule has 2 rings (SSSR count). The molecule has 6 heteroatoms. The first-order valence-corrected chi connectivity index (χ1v) is 7.79. The smallest absolute Gasteiger partial charge is 0.311 e. The van der Waals surface area contributed by atoms with Crippen LogP contribution in [0.3, 0.4) is 0 Å². The first-order valence-electron chi connectivity index (χ1n) is 7.41. The van der Waals surface area contributed by atoms with Gasteiger partial charge in [-0.3, -0.25) is 9.59 Å². The Kier molecular flexibility index (Phi) is 6.32. The molecule has 0 saturated carbocycles. The molecule has 4 nitrogen and oxygen atoms in total. The van der Waals surface area contributed by atoms with Crippen molar-refractivity contribution in [2.24, 2.45) is 0 Å². The Hall–Kier alpha value is -2.40. The minimum Gasteiger partial charge on any atom is -0.452 e. The molecule has 0 heterocycles. The van der Waals surface area contributed by atoms with Gasteiger partial charge < -0.3 is 10.1 Å². The van der Waals surface area contributed by atoms with Gasteiger partial charge in [-0.2, -0.15) is 0 Å². The number of halogens is 2. The van der Waals surface area contributed by atoms with Crippen LogP contribution in [0.25, 0.3) is 0 Å². The number of carbonyl (C=O) groups excluding carboxylic acids is 2. The normalized spacial score (nSPS) is 11.6. The number of amides is 1. The van der Waals surface area contributed by atoms with Crippen LogP contribution in [0.5, 0.6) is 0 Å². The van der Waals surface area contributed by atoms with Crippen molar-refractivity contribution in [3.05, 3.63) is 70.5 Å². The number of esters is 1. The zero-order chi connectivity index (χ0) is 17.5. The van der Waals surface area contributed by atoms with Crippen molar-refractivity contribution in [1.29, 1.82) is 0 Å². The van der Waals surface area contributed by atoms with Gasteiger partial charge in [-0.15, -0.1) is 0 Å². The van der Waals surface area contributed by atoms with Gasteiger partial charge in [0.15, 0.2) is 6.10 Å². The van der Waals surface area contributed by atoms with Crippen molar-refractivity contribution in [1.82, 2.24) is 5.32 Å². The van der Waals surface area contributed by atoms with Gasteiger partial charge in [-0.25, -0.2) is 4.39 Å². The van der Waals surface area contributed by atoms with E-state index < -0.39 is 23.8 Å². The van der Waals surface area contributed by atoms with Crippen molar-refractivity contribution in [3.63, 3.8) is 0 Å². The lowest BCUT2D eigenvalue weighted by Gasteiger charge is -2.14. The molecule has 1 N–H and O–H groups in total. The zero-order valence-corrected chi connectivity index (χ0v) is 13.8. The van der Waals surface area contributed by atoms with Crippen molar-refractivity contribution < 1.29 is 18.7 Å². The monoisotopic (exact) mass is 349 g/mol. The van der Waals surface area contributed by atoms with E-state index in [1.54, 1.807) is 0 Å². The largest absolute Gasteiger partial charge is 0.452 e. The molecular formula is C18H17ClFNO3. The van der Waals surface area contributed by atoms with E-state index in [1.165, 1.54) is 25.1 Å². The molecular weight excluding hydrogens is 333 g/mol. The summed E-state index contributed by atoms with van der Waals surface area (Å²) < 4.78 is 18.7. The van der Waals surface area contributed by atoms with Gasteiger partial charge >= 0.3 is 5.97 Å². The van der Waals surface area contributed by atoms with E-state index in [0.717, 1.165) is 5.56 Å². The lowest BCUT2D eigenvalue weighted by molar-refractivity contribution is -0.154. The lowest BCUT2D eigenvalue weighted by atomic mass is 10.1. The molecule has 0 fully saturated rings. The molecule has 0 bridgehead atoms.